The SMILES string of the molecule is C=Cc1cc2ccccc2nc1NCCC. The van der Waals surface area contributed by atoms with Gasteiger partial charge in [0.2, 0.25) is 0 Å². The van der Waals surface area contributed by atoms with Gasteiger partial charge in [-0.1, -0.05) is 37.8 Å². The van der Waals surface area contributed by atoms with Gasteiger partial charge in [-0.3, -0.25) is 0 Å². The highest BCUT2D eigenvalue weighted by Crippen LogP contribution is 2.21. The summed E-state index contributed by atoms with van der Waals surface area (Å²) in [5.74, 6) is 0.926. The van der Waals surface area contributed by atoms with Crippen molar-refractivity contribution in [1.29, 1.82) is 0 Å². The van der Waals surface area contributed by atoms with E-state index < -0.39 is 0 Å². The van der Waals surface area contributed by atoms with Crippen LogP contribution in [0.3, 0.4) is 0 Å². The first-order valence-corrected chi connectivity index (χ1v) is 5.61. The second kappa shape index (κ2) is 4.79. The highest BCUT2D eigenvalue weighted by atomic mass is 15.0. The summed E-state index contributed by atoms with van der Waals surface area (Å²) >= 11 is 0. The molecule has 16 heavy (non-hydrogen) atoms. The summed E-state index contributed by atoms with van der Waals surface area (Å²) < 4.78 is 0. The zero-order valence-electron chi connectivity index (χ0n) is 9.53. The first-order valence-electron chi connectivity index (χ1n) is 5.61. The Morgan fingerprint density at radius 1 is 1.38 bits per heavy atom. The molecule has 2 nitrogen and oxygen atoms in total. The van der Waals surface area contributed by atoms with Gasteiger partial charge in [0.1, 0.15) is 5.82 Å². The highest BCUT2D eigenvalue weighted by Gasteiger charge is 2.02. The summed E-state index contributed by atoms with van der Waals surface area (Å²) in [6.45, 7) is 6.90. The van der Waals surface area contributed by atoms with Crippen LogP contribution in [0.1, 0.15) is 18.9 Å². The van der Waals surface area contributed by atoms with Gasteiger partial charge in [-0.25, -0.2) is 4.98 Å². The monoisotopic (exact) mass is 212 g/mol. The largest absolute Gasteiger partial charge is 0.370 e. The number of nitrogens with zero attached hydrogens (tertiary/aromatic N) is 1. The van der Waals surface area contributed by atoms with Crippen LogP contribution in [-0.4, -0.2) is 11.5 Å². The average molecular weight is 212 g/mol. The van der Waals surface area contributed by atoms with Crippen LogP contribution in [0.5, 0.6) is 0 Å². The number of pyridine rings is 1. The quantitative estimate of drug-likeness (QED) is 0.835. The van der Waals surface area contributed by atoms with Gasteiger partial charge in [-0.15, -0.1) is 0 Å². The molecular formula is C14H16N2. The number of para-hydroxylation sites is 1. The third-order valence-electron chi connectivity index (χ3n) is 2.52. The van der Waals surface area contributed by atoms with Crippen molar-refractivity contribution in [2.45, 2.75) is 13.3 Å². The molecule has 1 heterocycles. The summed E-state index contributed by atoms with van der Waals surface area (Å²) in [7, 11) is 0. The summed E-state index contributed by atoms with van der Waals surface area (Å²) in [5, 5.41) is 4.48. The lowest BCUT2D eigenvalue weighted by molar-refractivity contribution is 0.971. The van der Waals surface area contributed by atoms with E-state index in [1.807, 2.05) is 24.3 Å². The molecule has 0 saturated heterocycles. The van der Waals surface area contributed by atoms with Crippen molar-refractivity contribution in [3.05, 3.63) is 42.5 Å². The second-order valence-corrected chi connectivity index (χ2v) is 3.75. The normalized spacial score (nSPS) is 10.3. The fourth-order valence-electron chi connectivity index (χ4n) is 1.67. The van der Waals surface area contributed by atoms with Crippen LogP contribution in [0.15, 0.2) is 36.9 Å². The van der Waals surface area contributed by atoms with Gasteiger partial charge in [-0.2, -0.15) is 0 Å². The van der Waals surface area contributed by atoms with Crippen molar-refractivity contribution < 1.29 is 0 Å². The summed E-state index contributed by atoms with van der Waals surface area (Å²) in [6, 6.07) is 10.2. The number of hydrogen-bond donors (Lipinski definition) is 1. The van der Waals surface area contributed by atoms with E-state index in [1.54, 1.807) is 0 Å². The van der Waals surface area contributed by atoms with Gasteiger partial charge >= 0.3 is 0 Å². The molecule has 0 aliphatic heterocycles. The number of hydrogen-bond acceptors (Lipinski definition) is 2. The molecule has 2 rings (SSSR count). The molecular weight excluding hydrogens is 196 g/mol. The molecule has 1 aromatic heterocycles. The molecule has 0 spiro atoms. The van der Waals surface area contributed by atoms with E-state index in [0.29, 0.717) is 0 Å². The Morgan fingerprint density at radius 2 is 2.19 bits per heavy atom. The maximum absolute atomic E-state index is 4.60. The average Bonchev–Trinajstić information content (AvgIpc) is 2.35. The molecule has 0 radical (unpaired) electrons. The molecule has 0 amide bonds. The smallest absolute Gasteiger partial charge is 0.133 e. The number of nitrogens with one attached hydrogen (secondary N) is 1. The topological polar surface area (TPSA) is 24.9 Å². The molecule has 0 atom stereocenters. The Bertz CT molecular complexity index is 503. The van der Waals surface area contributed by atoms with Gasteiger partial charge in [-0.05, 0) is 18.6 Å². The minimum Gasteiger partial charge on any atom is -0.370 e. The minimum atomic E-state index is 0.926. The van der Waals surface area contributed by atoms with Crippen LogP contribution in [-0.2, 0) is 0 Å². The molecule has 2 heteroatoms. The maximum Gasteiger partial charge on any atom is 0.133 e. The summed E-state index contributed by atoms with van der Waals surface area (Å²) in [4.78, 5) is 4.60. The fraction of sp³-hybridized carbons (Fsp3) is 0.214. The Balaban J connectivity index is 2.49. The van der Waals surface area contributed by atoms with Crippen molar-refractivity contribution >= 4 is 22.8 Å². The molecule has 0 fully saturated rings. The molecule has 0 saturated carbocycles. The lowest BCUT2D eigenvalue weighted by Gasteiger charge is -2.09. The number of aromatic nitrogens is 1. The minimum absolute atomic E-state index is 0.926. The Labute approximate surface area is 96.0 Å². The summed E-state index contributed by atoms with van der Waals surface area (Å²) in [6.07, 6.45) is 2.93. The van der Waals surface area contributed by atoms with Gasteiger partial charge in [0.05, 0.1) is 5.52 Å². The molecule has 0 bridgehead atoms. The summed E-state index contributed by atoms with van der Waals surface area (Å²) in [5.41, 5.74) is 2.08. The van der Waals surface area contributed by atoms with E-state index in [0.717, 1.165) is 35.2 Å². The predicted octanol–water partition coefficient (Wildman–Crippen LogP) is 3.70. The van der Waals surface area contributed by atoms with Gasteiger partial charge in [0, 0.05) is 17.5 Å². The van der Waals surface area contributed by atoms with Crippen LogP contribution in [0.4, 0.5) is 5.82 Å². The first kappa shape index (κ1) is 10.7. The molecule has 0 aliphatic carbocycles. The standard InChI is InChI=1S/C14H16N2/c1-3-9-15-14-11(4-2)10-12-7-5-6-8-13(12)16-14/h4-8,10H,2-3,9H2,1H3,(H,15,16). The van der Waals surface area contributed by atoms with E-state index in [4.69, 9.17) is 0 Å². The zero-order valence-corrected chi connectivity index (χ0v) is 9.53. The van der Waals surface area contributed by atoms with Crippen LogP contribution < -0.4 is 5.32 Å². The fourth-order valence-corrected chi connectivity index (χ4v) is 1.67. The number of fused-ring (bicyclic) bond motifs is 1. The van der Waals surface area contributed by atoms with E-state index in [9.17, 15) is 0 Å². The molecule has 1 N–H and O–H groups in total. The van der Waals surface area contributed by atoms with Crippen molar-refractivity contribution in [3.8, 4) is 0 Å². The van der Waals surface area contributed by atoms with Gasteiger partial charge < -0.3 is 5.32 Å². The number of benzene rings is 1. The van der Waals surface area contributed by atoms with E-state index in [1.165, 1.54) is 0 Å². The molecule has 0 unspecified atom stereocenters. The van der Waals surface area contributed by atoms with Crippen molar-refractivity contribution in [1.82, 2.24) is 4.98 Å². The molecule has 2 aromatic rings. The Morgan fingerprint density at radius 3 is 2.94 bits per heavy atom. The van der Waals surface area contributed by atoms with E-state index in [2.05, 4.69) is 35.9 Å². The third kappa shape index (κ3) is 2.06. The van der Waals surface area contributed by atoms with E-state index in [-0.39, 0.29) is 0 Å². The highest BCUT2D eigenvalue weighted by molar-refractivity contribution is 5.84. The first-order chi connectivity index (χ1) is 7.85. The van der Waals surface area contributed by atoms with Crippen LogP contribution in [0, 0.1) is 0 Å². The Hall–Kier alpha value is -1.83. The maximum atomic E-state index is 4.60. The third-order valence-corrected chi connectivity index (χ3v) is 2.52. The number of rotatable bonds is 4. The van der Waals surface area contributed by atoms with Crippen LogP contribution in [0.2, 0.25) is 0 Å². The molecule has 0 aliphatic rings. The lowest BCUT2D eigenvalue weighted by Crippen LogP contribution is -2.03. The molecule has 1 aromatic carbocycles. The lowest BCUT2D eigenvalue weighted by atomic mass is 10.1. The van der Waals surface area contributed by atoms with Crippen molar-refractivity contribution in [2.75, 3.05) is 11.9 Å². The zero-order chi connectivity index (χ0) is 11.4. The van der Waals surface area contributed by atoms with Crippen molar-refractivity contribution in [3.63, 3.8) is 0 Å². The Kier molecular flexibility index (Phi) is 3.20. The second-order valence-electron chi connectivity index (χ2n) is 3.75. The molecule has 82 valence electrons. The van der Waals surface area contributed by atoms with Gasteiger partial charge in [0.15, 0.2) is 0 Å². The van der Waals surface area contributed by atoms with Crippen LogP contribution >= 0.6 is 0 Å². The van der Waals surface area contributed by atoms with Gasteiger partial charge in [0.25, 0.3) is 0 Å². The predicted molar refractivity (Wildman–Crippen MR) is 70.6 cm³/mol. The number of anilines is 1. The van der Waals surface area contributed by atoms with E-state index >= 15 is 0 Å². The van der Waals surface area contributed by atoms with Crippen molar-refractivity contribution in [2.24, 2.45) is 0 Å². The van der Waals surface area contributed by atoms with Crippen LogP contribution in [0.25, 0.3) is 17.0 Å².